The molecule has 0 aromatic heterocycles. The maximum atomic E-state index is 12.3. The fourth-order valence-electron chi connectivity index (χ4n) is 2.34. The average Bonchev–Trinajstić information content (AvgIpc) is 2.81. The zero-order valence-corrected chi connectivity index (χ0v) is 11.5. The fourth-order valence-corrected chi connectivity index (χ4v) is 2.34. The lowest BCUT2D eigenvalue weighted by Gasteiger charge is -2.15. The van der Waals surface area contributed by atoms with Crippen molar-refractivity contribution in [3.05, 3.63) is 23.8 Å². The van der Waals surface area contributed by atoms with Crippen LogP contribution < -0.4 is 4.74 Å². The maximum absolute atomic E-state index is 12.3. The van der Waals surface area contributed by atoms with Gasteiger partial charge in [-0.15, -0.1) is 0 Å². The molecule has 1 aromatic rings. The average molecular weight is 279 g/mol. The summed E-state index contributed by atoms with van der Waals surface area (Å²) in [5.41, 5.74) is 0.775. The van der Waals surface area contributed by atoms with Gasteiger partial charge in [-0.2, -0.15) is 0 Å². The van der Waals surface area contributed by atoms with Crippen molar-refractivity contribution in [3.8, 4) is 11.5 Å². The van der Waals surface area contributed by atoms with E-state index in [-0.39, 0.29) is 24.1 Å². The Kier molecular flexibility index (Phi) is 4.12. The molecule has 1 unspecified atom stereocenters. The number of methoxy groups -OCH3 is 2. The summed E-state index contributed by atoms with van der Waals surface area (Å²) in [5.74, 6) is -0.477. The molecular weight excluding hydrogens is 262 g/mol. The van der Waals surface area contributed by atoms with Gasteiger partial charge in [0.05, 0.1) is 20.1 Å². The van der Waals surface area contributed by atoms with Crippen molar-refractivity contribution in [1.29, 1.82) is 0 Å². The lowest BCUT2D eigenvalue weighted by atomic mass is 9.97. The molecule has 1 aromatic carbocycles. The third-order valence-corrected chi connectivity index (χ3v) is 3.45. The zero-order valence-electron chi connectivity index (χ0n) is 11.5. The molecule has 1 atom stereocenters. The molecular formula is C14H17NO5. The highest BCUT2D eigenvalue weighted by Gasteiger charge is 2.34. The minimum atomic E-state index is -0.428. The van der Waals surface area contributed by atoms with Gasteiger partial charge in [0.2, 0.25) is 5.91 Å². The van der Waals surface area contributed by atoms with Crippen LogP contribution in [-0.2, 0) is 14.3 Å². The molecule has 108 valence electrons. The number of hydrogen-bond donors (Lipinski definition) is 1. The van der Waals surface area contributed by atoms with E-state index < -0.39 is 5.97 Å². The molecule has 1 fully saturated rings. The van der Waals surface area contributed by atoms with Crippen LogP contribution in [0, 0.1) is 0 Å². The van der Waals surface area contributed by atoms with E-state index in [2.05, 4.69) is 4.74 Å². The highest BCUT2D eigenvalue weighted by molar-refractivity contribution is 5.89. The Balaban J connectivity index is 2.15. The molecule has 1 aliphatic rings. The summed E-state index contributed by atoms with van der Waals surface area (Å²) in [4.78, 5) is 25.0. The van der Waals surface area contributed by atoms with Crippen LogP contribution in [0.1, 0.15) is 17.9 Å². The molecule has 0 saturated carbocycles. The summed E-state index contributed by atoms with van der Waals surface area (Å²) in [7, 11) is 2.75. The van der Waals surface area contributed by atoms with Crippen molar-refractivity contribution in [3.63, 3.8) is 0 Å². The number of esters is 1. The number of ether oxygens (including phenoxy) is 2. The van der Waals surface area contributed by atoms with Crippen LogP contribution in [0.25, 0.3) is 0 Å². The highest BCUT2D eigenvalue weighted by Crippen LogP contribution is 2.34. The van der Waals surface area contributed by atoms with Crippen molar-refractivity contribution in [1.82, 2.24) is 4.90 Å². The first-order chi connectivity index (χ1) is 9.56. The first-order valence-electron chi connectivity index (χ1n) is 6.29. The van der Waals surface area contributed by atoms with Gasteiger partial charge in [-0.3, -0.25) is 9.59 Å². The van der Waals surface area contributed by atoms with Crippen LogP contribution in [0.4, 0.5) is 0 Å². The van der Waals surface area contributed by atoms with Gasteiger partial charge < -0.3 is 19.5 Å². The Morgan fingerprint density at radius 1 is 1.45 bits per heavy atom. The number of nitrogens with zero attached hydrogens (tertiary/aromatic N) is 1. The zero-order chi connectivity index (χ0) is 14.7. The van der Waals surface area contributed by atoms with Crippen LogP contribution >= 0.6 is 0 Å². The predicted molar refractivity (Wildman–Crippen MR) is 70.6 cm³/mol. The third kappa shape index (κ3) is 2.68. The summed E-state index contributed by atoms with van der Waals surface area (Å²) in [6, 6.07) is 4.85. The van der Waals surface area contributed by atoms with Gasteiger partial charge in [0.1, 0.15) is 6.54 Å². The quantitative estimate of drug-likeness (QED) is 0.828. The molecule has 20 heavy (non-hydrogen) atoms. The number of amides is 1. The Morgan fingerprint density at radius 3 is 2.85 bits per heavy atom. The van der Waals surface area contributed by atoms with Crippen LogP contribution in [0.3, 0.4) is 0 Å². The van der Waals surface area contributed by atoms with Crippen LogP contribution in [-0.4, -0.2) is 49.2 Å². The number of hydrogen-bond acceptors (Lipinski definition) is 5. The highest BCUT2D eigenvalue weighted by atomic mass is 16.5. The smallest absolute Gasteiger partial charge is 0.325 e. The van der Waals surface area contributed by atoms with E-state index in [1.807, 2.05) is 0 Å². The Labute approximate surface area is 116 Å². The van der Waals surface area contributed by atoms with E-state index >= 15 is 0 Å². The number of rotatable bonds is 4. The van der Waals surface area contributed by atoms with Crippen molar-refractivity contribution in [2.45, 2.75) is 12.3 Å². The number of carbonyl (C=O) groups excluding carboxylic acids is 2. The van der Waals surface area contributed by atoms with E-state index in [9.17, 15) is 14.7 Å². The summed E-state index contributed by atoms with van der Waals surface area (Å²) >= 11 is 0. The normalized spacial score (nSPS) is 18.2. The van der Waals surface area contributed by atoms with Gasteiger partial charge in [-0.1, -0.05) is 6.07 Å². The lowest BCUT2D eigenvalue weighted by Crippen LogP contribution is -2.32. The van der Waals surface area contributed by atoms with Crippen LogP contribution in [0.5, 0.6) is 11.5 Å². The van der Waals surface area contributed by atoms with Gasteiger partial charge in [-0.25, -0.2) is 0 Å². The molecule has 1 saturated heterocycles. The molecule has 0 bridgehead atoms. The predicted octanol–water partition coefficient (Wildman–Crippen LogP) is 0.890. The van der Waals surface area contributed by atoms with Gasteiger partial charge in [0, 0.05) is 6.54 Å². The van der Waals surface area contributed by atoms with E-state index in [0.29, 0.717) is 18.7 Å². The SMILES string of the molecule is COC(=O)CN1CCC(c2ccc(O)c(OC)c2)C1=O. The summed E-state index contributed by atoms with van der Waals surface area (Å²) in [6.45, 7) is 0.489. The second kappa shape index (κ2) is 5.81. The second-order valence-electron chi connectivity index (χ2n) is 4.61. The molecule has 1 aliphatic heterocycles. The van der Waals surface area contributed by atoms with Crippen molar-refractivity contribution in [2.75, 3.05) is 27.3 Å². The molecule has 0 spiro atoms. The molecule has 1 amide bonds. The fraction of sp³-hybridized carbons (Fsp3) is 0.429. The van der Waals surface area contributed by atoms with Crippen molar-refractivity contribution in [2.24, 2.45) is 0 Å². The lowest BCUT2D eigenvalue weighted by molar-refractivity contribution is -0.145. The van der Waals surface area contributed by atoms with Gasteiger partial charge in [0.25, 0.3) is 0 Å². The Bertz CT molecular complexity index is 528. The molecule has 0 radical (unpaired) electrons. The van der Waals surface area contributed by atoms with Crippen molar-refractivity contribution < 1.29 is 24.2 Å². The summed E-state index contributed by atoms with van der Waals surface area (Å²) < 4.78 is 9.61. The minimum Gasteiger partial charge on any atom is -0.504 e. The first-order valence-corrected chi connectivity index (χ1v) is 6.29. The molecule has 6 heteroatoms. The number of benzene rings is 1. The second-order valence-corrected chi connectivity index (χ2v) is 4.61. The molecule has 0 aliphatic carbocycles. The summed E-state index contributed by atoms with van der Waals surface area (Å²) in [6.07, 6.45) is 0.629. The van der Waals surface area contributed by atoms with Gasteiger partial charge in [-0.05, 0) is 24.1 Å². The van der Waals surface area contributed by atoms with Crippen LogP contribution in [0.2, 0.25) is 0 Å². The topological polar surface area (TPSA) is 76.1 Å². The van der Waals surface area contributed by atoms with E-state index in [0.717, 1.165) is 5.56 Å². The summed E-state index contributed by atoms with van der Waals surface area (Å²) in [5, 5.41) is 9.56. The number of phenolic OH excluding ortho intramolecular Hbond substituents is 1. The number of phenols is 1. The maximum Gasteiger partial charge on any atom is 0.325 e. The van der Waals surface area contributed by atoms with E-state index in [1.54, 1.807) is 12.1 Å². The van der Waals surface area contributed by atoms with Crippen molar-refractivity contribution >= 4 is 11.9 Å². The molecule has 6 nitrogen and oxygen atoms in total. The monoisotopic (exact) mass is 279 g/mol. The minimum absolute atomic E-state index is 0.0267. The number of carbonyl (C=O) groups is 2. The third-order valence-electron chi connectivity index (χ3n) is 3.45. The number of aromatic hydroxyl groups is 1. The van der Waals surface area contributed by atoms with Gasteiger partial charge >= 0.3 is 5.97 Å². The molecule has 1 heterocycles. The Hall–Kier alpha value is -2.24. The first kappa shape index (κ1) is 14.2. The molecule has 2 rings (SSSR count). The largest absolute Gasteiger partial charge is 0.504 e. The van der Waals surface area contributed by atoms with Gasteiger partial charge in [0.15, 0.2) is 11.5 Å². The molecule has 1 N–H and O–H groups in total. The number of likely N-dealkylation sites (tertiary alicyclic amines) is 1. The Morgan fingerprint density at radius 2 is 2.20 bits per heavy atom. The van der Waals surface area contributed by atoms with Crippen LogP contribution in [0.15, 0.2) is 18.2 Å². The standard InChI is InChI=1S/C14H17NO5/c1-19-12-7-9(3-4-11(12)16)10-5-6-15(14(10)18)8-13(17)20-2/h3-4,7,10,16H,5-6,8H2,1-2H3. The van der Waals surface area contributed by atoms with E-state index in [4.69, 9.17) is 4.74 Å². The van der Waals surface area contributed by atoms with E-state index in [1.165, 1.54) is 25.2 Å².